The summed E-state index contributed by atoms with van der Waals surface area (Å²) in [6, 6.07) is 15.3. The number of aromatic nitrogens is 1. The van der Waals surface area contributed by atoms with Gasteiger partial charge in [-0.2, -0.15) is 0 Å². The van der Waals surface area contributed by atoms with E-state index in [4.69, 9.17) is 4.74 Å². The van der Waals surface area contributed by atoms with E-state index in [0.717, 1.165) is 61.2 Å². The second-order valence-electron chi connectivity index (χ2n) is 10.1. The van der Waals surface area contributed by atoms with Gasteiger partial charge in [0, 0.05) is 50.4 Å². The van der Waals surface area contributed by atoms with Crippen molar-refractivity contribution in [2.45, 2.75) is 51.7 Å². The maximum absolute atomic E-state index is 13.2. The molecule has 3 heterocycles. The predicted octanol–water partition coefficient (Wildman–Crippen LogP) is 5.20. The van der Waals surface area contributed by atoms with Crippen LogP contribution in [0.25, 0.3) is 11.1 Å². The molecule has 0 unspecified atom stereocenters. The molecule has 1 saturated heterocycles. The monoisotopic (exact) mass is 483 g/mol. The summed E-state index contributed by atoms with van der Waals surface area (Å²) in [5, 5.41) is 2.94. The Hall–Kier alpha value is -3.51. The standard InChI is InChI=1S/C30H33N3O3/c1-3-12-33-13-10-30(11-14-33)17-27(34)26-16-25(8-9-28(26)36-30)23-4-6-24(7-5-23)29(35)32-20-22-15-21(2)18-31-19-22/h4-9,15-16,18-19H,3,10-14,17,20H2,1-2H3,(H,32,35). The number of piperidine rings is 1. The first kappa shape index (κ1) is 24.2. The van der Waals surface area contributed by atoms with Crippen molar-refractivity contribution in [2.24, 2.45) is 0 Å². The van der Waals surface area contributed by atoms with Crippen molar-refractivity contribution in [3.8, 4) is 16.9 Å². The highest BCUT2D eigenvalue weighted by Crippen LogP contribution is 2.40. The molecule has 2 aromatic carbocycles. The lowest BCUT2D eigenvalue weighted by Crippen LogP contribution is -2.51. The van der Waals surface area contributed by atoms with Crippen LogP contribution in [-0.2, 0) is 6.54 Å². The van der Waals surface area contributed by atoms with Crippen molar-refractivity contribution in [3.63, 3.8) is 0 Å². The van der Waals surface area contributed by atoms with Crippen molar-refractivity contribution in [3.05, 3.63) is 83.2 Å². The SMILES string of the molecule is CCCN1CCC2(CC1)CC(=O)c1cc(-c3ccc(C(=O)NCc4cncc(C)c4)cc3)ccc1O2. The zero-order valence-corrected chi connectivity index (χ0v) is 21.0. The van der Waals surface area contributed by atoms with Gasteiger partial charge in [-0.1, -0.05) is 31.2 Å². The van der Waals surface area contributed by atoms with Gasteiger partial charge in [0.2, 0.25) is 0 Å². The summed E-state index contributed by atoms with van der Waals surface area (Å²) in [6.45, 7) is 7.68. The summed E-state index contributed by atoms with van der Waals surface area (Å²) in [5.74, 6) is 0.719. The quantitative estimate of drug-likeness (QED) is 0.522. The molecule has 0 radical (unpaired) electrons. The molecule has 0 bridgehead atoms. The molecule has 0 atom stereocenters. The third-order valence-corrected chi connectivity index (χ3v) is 7.26. The molecule has 6 nitrogen and oxygen atoms in total. The average molecular weight is 484 g/mol. The first-order chi connectivity index (χ1) is 17.4. The Bertz CT molecular complexity index is 1260. The molecule has 0 aliphatic carbocycles. The lowest BCUT2D eigenvalue weighted by molar-refractivity contribution is -0.00886. The summed E-state index contributed by atoms with van der Waals surface area (Å²) in [6.07, 6.45) is 6.93. The number of pyridine rings is 1. The molecule has 1 N–H and O–H groups in total. The smallest absolute Gasteiger partial charge is 0.251 e. The zero-order valence-electron chi connectivity index (χ0n) is 21.0. The molecule has 36 heavy (non-hydrogen) atoms. The lowest BCUT2D eigenvalue weighted by Gasteiger charge is -2.44. The van der Waals surface area contributed by atoms with Crippen LogP contribution in [0.3, 0.4) is 0 Å². The van der Waals surface area contributed by atoms with Crippen LogP contribution >= 0.6 is 0 Å². The molecule has 186 valence electrons. The van der Waals surface area contributed by atoms with Gasteiger partial charge in [-0.25, -0.2) is 0 Å². The van der Waals surface area contributed by atoms with Gasteiger partial charge in [0.25, 0.3) is 5.91 Å². The first-order valence-electron chi connectivity index (χ1n) is 12.8. The van der Waals surface area contributed by atoms with Crippen molar-refractivity contribution >= 4 is 11.7 Å². The van der Waals surface area contributed by atoms with Crippen molar-refractivity contribution in [2.75, 3.05) is 19.6 Å². The van der Waals surface area contributed by atoms with Gasteiger partial charge in [-0.3, -0.25) is 14.6 Å². The molecule has 0 saturated carbocycles. The van der Waals surface area contributed by atoms with E-state index in [-0.39, 0.29) is 17.3 Å². The van der Waals surface area contributed by atoms with Crippen molar-refractivity contribution in [1.82, 2.24) is 15.2 Å². The van der Waals surface area contributed by atoms with Crippen LogP contribution in [0.15, 0.2) is 60.9 Å². The maximum atomic E-state index is 13.2. The van der Waals surface area contributed by atoms with Crippen LogP contribution in [0.1, 0.15) is 64.4 Å². The Kier molecular flexibility index (Phi) is 6.88. The minimum atomic E-state index is -0.362. The number of nitrogens with one attached hydrogen (secondary N) is 1. The lowest BCUT2D eigenvalue weighted by atomic mass is 9.82. The van der Waals surface area contributed by atoms with E-state index < -0.39 is 0 Å². The van der Waals surface area contributed by atoms with Crippen LogP contribution in [0, 0.1) is 6.92 Å². The van der Waals surface area contributed by atoms with Gasteiger partial charge in [-0.15, -0.1) is 0 Å². The maximum Gasteiger partial charge on any atom is 0.251 e. The largest absolute Gasteiger partial charge is 0.486 e. The molecule has 3 aromatic rings. The number of carbonyl (C=O) groups is 2. The van der Waals surface area contributed by atoms with Gasteiger partial charge in [0.05, 0.1) is 12.0 Å². The van der Waals surface area contributed by atoms with Gasteiger partial charge in [0.15, 0.2) is 5.78 Å². The van der Waals surface area contributed by atoms with E-state index in [1.165, 1.54) is 0 Å². The first-order valence-corrected chi connectivity index (χ1v) is 12.8. The Balaban J connectivity index is 1.25. The highest BCUT2D eigenvalue weighted by Gasteiger charge is 2.42. The summed E-state index contributed by atoms with van der Waals surface area (Å²) >= 11 is 0. The molecule has 1 aromatic heterocycles. The van der Waals surface area contributed by atoms with Gasteiger partial charge in [0.1, 0.15) is 11.4 Å². The number of likely N-dealkylation sites (tertiary alicyclic amines) is 1. The number of hydrogen-bond acceptors (Lipinski definition) is 5. The fourth-order valence-corrected chi connectivity index (χ4v) is 5.27. The third kappa shape index (κ3) is 5.19. The van der Waals surface area contributed by atoms with Gasteiger partial charge < -0.3 is 15.0 Å². The van der Waals surface area contributed by atoms with E-state index in [1.54, 1.807) is 12.4 Å². The molecule has 5 rings (SSSR count). The van der Waals surface area contributed by atoms with E-state index in [1.807, 2.05) is 55.5 Å². The summed E-state index contributed by atoms with van der Waals surface area (Å²) in [7, 11) is 0. The fourth-order valence-electron chi connectivity index (χ4n) is 5.27. The molecular formula is C30H33N3O3. The Labute approximate surface area is 212 Å². The summed E-state index contributed by atoms with van der Waals surface area (Å²) < 4.78 is 6.46. The zero-order chi connectivity index (χ0) is 25.1. The molecule has 1 fully saturated rings. The topological polar surface area (TPSA) is 71.5 Å². The molecular weight excluding hydrogens is 450 g/mol. The second-order valence-corrected chi connectivity index (χ2v) is 10.1. The second kappa shape index (κ2) is 10.2. The van der Waals surface area contributed by atoms with E-state index >= 15 is 0 Å². The Morgan fingerprint density at radius 2 is 1.81 bits per heavy atom. The normalized spacial score (nSPS) is 16.9. The number of fused-ring (bicyclic) bond motifs is 1. The number of hydrogen-bond donors (Lipinski definition) is 1. The summed E-state index contributed by atoms with van der Waals surface area (Å²) in [5.41, 5.74) is 4.81. The van der Waals surface area contributed by atoms with E-state index in [2.05, 4.69) is 22.1 Å². The van der Waals surface area contributed by atoms with Crippen LogP contribution in [-0.4, -0.2) is 46.8 Å². The van der Waals surface area contributed by atoms with E-state index in [9.17, 15) is 9.59 Å². The average Bonchev–Trinajstić information content (AvgIpc) is 2.89. The number of nitrogens with zero attached hydrogens (tertiary/aromatic N) is 2. The van der Waals surface area contributed by atoms with Crippen LogP contribution in [0.4, 0.5) is 0 Å². The molecule has 1 amide bonds. The minimum absolute atomic E-state index is 0.132. The number of ether oxygens (including phenoxy) is 1. The predicted molar refractivity (Wildman–Crippen MR) is 140 cm³/mol. The minimum Gasteiger partial charge on any atom is -0.486 e. The number of benzene rings is 2. The highest BCUT2D eigenvalue weighted by molar-refractivity contribution is 6.01. The number of ketones is 1. The number of aryl methyl sites for hydroxylation is 1. The van der Waals surface area contributed by atoms with Gasteiger partial charge in [-0.05, 0) is 66.4 Å². The molecule has 6 heteroatoms. The highest BCUT2D eigenvalue weighted by atomic mass is 16.5. The molecule has 2 aliphatic heterocycles. The Morgan fingerprint density at radius 1 is 1.06 bits per heavy atom. The van der Waals surface area contributed by atoms with Crippen molar-refractivity contribution < 1.29 is 14.3 Å². The fraction of sp³-hybridized carbons (Fsp3) is 0.367. The van der Waals surface area contributed by atoms with Crippen LogP contribution in [0.5, 0.6) is 5.75 Å². The summed E-state index contributed by atoms with van der Waals surface area (Å²) in [4.78, 5) is 32.4. The number of Topliss-reactive ketones (excluding diaryl/α,β-unsaturated/α-hetero) is 1. The number of rotatable bonds is 6. The molecule has 2 aliphatic rings. The van der Waals surface area contributed by atoms with Crippen LogP contribution < -0.4 is 10.1 Å². The van der Waals surface area contributed by atoms with E-state index in [0.29, 0.717) is 29.8 Å². The third-order valence-electron chi connectivity index (χ3n) is 7.26. The Morgan fingerprint density at radius 3 is 2.53 bits per heavy atom. The van der Waals surface area contributed by atoms with Crippen LogP contribution in [0.2, 0.25) is 0 Å². The number of carbonyl (C=O) groups excluding carboxylic acids is 2. The van der Waals surface area contributed by atoms with Crippen molar-refractivity contribution in [1.29, 1.82) is 0 Å². The van der Waals surface area contributed by atoms with Gasteiger partial charge >= 0.3 is 0 Å². The molecule has 1 spiro atoms. The number of amides is 1.